The minimum atomic E-state index is -0.706. The standard InChI is InChI=1S/C21H26N2O3.ClH/c1-3-12-10-13-11-21(20(25)26-2)17-15(8-9-23(18(12)21)19(13)24)14-6-4-5-7-16(14)22-17;/h4-7,12-13,18-19,22,24H,3,8-11H2,1-2H3;1H/t12-,13+,18-,19?,21+;/m0./s1. The number of carbonyl (C=O) groups is 1. The quantitative estimate of drug-likeness (QED) is 0.774. The lowest BCUT2D eigenvalue weighted by molar-refractivity contribution is -0.196. The van der Waals surface area contributed by atoms with Crippen LogP contribution in [0.1, 0.15) is 37.4 Å². The average molecular weight is 391 g/mol. The molecule has 6 rings (SSSR count). The van der Waals surface area contributed by atoms with E-state index >= 15 is 0 Å². The normalized spacial score (nSPS) is 36.6. The van der Waals surface area contributed by atoms with Gasteiger partial charge in [0.25, 0.3) is 0 Å². The van der Waals surface area contributed by atoms with Crippen LogP contribution in [-0.2, 0) is 21.4 Å². The summed E-state index contributed by atoms with van der Waals surface area (Å²) in [7, 11) is 1.49. The number of nitrogens with one attached hydrogen (secondary N) is 1. The highest BCUT2D eigenvalue weighted by Gasteiger charge is 2.65. The number of methoxy groups -OCH3 is 1. The number of aliphatic hydroxyl groups is 1. The van der Waals surface area contributed by atoms with Crippen molar-refractivity contribution in [1.29, 1.82) is 0 Å². The summed E-state index contributed by atoms with van der Waals surface area (Å²) in [6, 6.07) is 8.29. The van der Waals surface area contributed by atoms with Gasteiger partial charge in [0.15, 0.2) is 0 Å². The van der Waals surface area contributed by atoms with Crippen molar-refractivity contribution in [2.45, 2.75) is 50.3 Å². The third-order valence-electron chi connectivity index (χ3n) is 7.21. The number of halogens is 1. The molecule has 1 aromatic heterocycles. The highest BCUT2D eigenvalue weighted by atomic mass is 35.5. The monoisotopic (exact) mass is 390 g/mol. The highest BCUT2D eigenvalue weighted by molar-refractivity contribution is 5.91. The van der Waals surface area contributed by atoms with Crippen molar-refractivity contribution >= 4 is 29.3 Å². The summed E-state index contributed by atoms with van der Waals surface area (Å²) in [5, 5.41) is 12.1. The molecule has 6 atom stereocenters. The van der Waals surface area contributed by atoms with Crippen molar-refractivity contribution in [3.63, 3.8) is 0 Å². The van der Waals surface area contributed by atoms with E-state index in [1.165, 1.54) is 18.1 Å². The molecule has 27 heavy (non-hydrogen) atoms. The van der Waals surface area contributed by atoms with E-state index < -0.39 is 11.6 Å². The number of esters is 1. The summed E-state index contributed by atoms with van der Waals surface area (Å²) in [6.07, 6.45) is 3.06. The summed E-state index contributed by atoms with van der Waals surface area (Å²) in [5.41, 5.74) is 2.64. The summed E-state index contributed by atoms with van der Waals surface area (Å²) in [6.45, 7) is 2.98. The largest absolute Gasteiger partial charge is 0.468 e. The van der Waals surface area contributed by atoms with E-state index in [4.69, 9.17) is 4.74 Å². The first kappa shape index (κ1) is 18.8. The fraction of sp³-hybridized carbons (Fsp3) is 0.571. The van der Waals surface area contributed by atoms with E-state index in [-0.39, 0.29) is 30.3 Å². The molecular formula is C21H27ClN2O3. The lowest BCUT2D eigenvalue weighted by Crippen LogP contribution is -2.70. The molecule has 1 aromatic carbocycles. The van der Waals surface area contributed by atoms with Crippen LogP contribution in [0.4, 0.5) is 0 Å². The van der Waals surface area contributed by atoms with Crippen LogP contribution in [-0.4, -0.2) is 46.9 Å². The molecule has 2 unspecified atom stereocenters. The number of hydrogen-bond donors (Lipinski definition) is 2. The van der Waals surface area contributed by atoms with Crippen LogP contribution in [0.2, 0.25) is 0 Å². The van der Waals surface area contributed by atoms with Gasteiger partial charge >= 0.3 is 5.97 Å². The van der Waals surface area contributed by atoms with E-state index in [2.05, 4.69) is 35.0 Å². The van der Waals surface area contributed by atoms with Gasteiger partial charge in [-0.05, 0) is 36.8 Å². The van der Waals surface area contributed by atoms with Crippen LogP contribution in [0, 0.1) is 11.8 Å². The Kier molecular flexibility index (Phi) is 4.53. The molecule has 0 radical (unpaired) electrons. The van der Waals surface area contributed by atoms with Gasteiger partial charge in [-0.1, -0.05) is 31.5 Å². The summed E-state index contributed by atoms with van der Waals surface area (Å²) < 4.78 is 5.39. The molecule has 0 spiro atoms. The summed E-state index contributed by atoms with van der Waals surface area (Å²) in [5.74, 6) is 0.354. The zero-order valence-electron chi connectivity index (χ0n) is 15.8. The second-order valence-corrected chi connectivity index (χ2v) is 8.20. The third-order valence-corrected chi connectivity index (χ3v) is 7.21. The van der Waals surface area contributed by atoms with Crippen LogP contribution >= 0.6 is 12.4 Å². The number of H-pyrrole nitrogens is 1. The molecule has 3 aliphatic heterocycles. The van der Waals surface area contributed by atoms with Gasteiger partial charge in [0.2, 0.25) is 0 Å². The molecule has 1 saturated carbocycles. The minimum absolute atomic E-state index is 0. The molecule has 4 heterocycles. The first-order valence-electron chi connectivity index (χ1n) is 9.74. The maximum atomic E-state index is 13.3. The van der Waals surface area contributed by atoms with Crippen LogP contribution in [0.25, 0.3) is 10.9 Å². The predicted octanol–water partition coefficient (Wildman–Crippen LogP) is 3.00. The average Bonchev–Trinajstić information content (AvgIpc) is 3.00. The fourth-order valence-electron chi connectivity index (χ4n) is 6.24. The third kappa shape index (κ3) is 2.28. The van der Waals surface area contributed by atoms with Crippen molar-refractivity contribution < 1.29 is 14.6 Å². The van der Waals surface area contributed by atoms with Gasteiger partial charge in [0, 0.05) is 35.1 Å². The summed E-state index contributed by atoms with van der Waals surface area (Å²) in [4.78, 5) is 19.1. The van der Waals surface area contributed by atoms with Crippen molar-refractivity contribution in [2.24, 2.45) is 11.8 Å². The molecule has 2 saturated heterocycles. The Labute approximate surface area is 165 Å². The lowest BCUT2D eigenvalue weighted by atomic mass is 9.56. The Hall–Kier alpha value is -1.56. The van der Waals surface area contributed by atoms with E-state index in [9.17, 15) is 9.90 Å². The highest BCUT2D eigenvalue weighted by Crippen LogP contribution is 2.56. The number of fused-ring (bicyclic) bond motifs is 4. The van der Waals surface area contributed by atoms with Crippen LogP contribution in [0.15, 0.2) is 24.3 Å². The van der Waals surface area contributed by atoms with Crippen LogP contribution in [0.5, 0.6) is 0 Å². The zero-order chi connectivity index (χ0) is 18.1. The molecule has 5 nitrogen and oxygen atoms in total. The number of hydrogen-bond acceptors (Lipinski definition) is 4. The Balaban J connectivity index is 0.00000180. The van der Waals surface area contributed by atoms with E-state index in [0.29, 0.717) is 12.3 Å². The molecule has 4 aliphatic rings. The number of carbonyl (C=O) groups excluding carboxylic acids is 1. The molecule has 1 aliphatic carbocycles. The Morgan fingerprint density at radius 1 is 1.41 bits per heavy atom. The minimum Gasteiger partial charge on any atom is -0.468 e. The number of aromatic nitrogens is 1. The number of ether oxygens (including phenoxy) is 1. The first-order valence-corrected chi connectivity index (χ1v) is 9.74. The molecule has 6 heteroatoms. The maximum Gasteiger partial charge on any atom is 0.319 e. The smallest absolute Gasteiger partial charge is 0.319 e. The van der Waals surface area contributed by atoms with Crippen LogP contribution < -0.4 is 0 Å². The van der Waals surface area contributed by atoms with Gasteiger partial charge in [0.05, 0.1) is 7.11 Å². The number of para-hydroxylation sites is 1. The van der Waals surface area contributed by atoms with Gasteiger partial charge in [0.1, 0.15) is 11.6 Å². The van der Waals surface area contributed by atoms with Gasteiger partial charge in [-0.15, -0.1) is 12.4 Å². The number of benzene rings is 1. The van der Waals surface area contributed by atoms with Crippen molar-refractivity contribution in [3.05, 3.63) is 35.5 Å². The SMILES string of the molecule is CC[C@H]1C[C@@H]2C[C@@]3(C(=O)OC)c4[nH]c5ccccc5c4CCN(C2O)[C@@H]13.Cl. The number of nitrogens with zero attached hydrogens (tertiary/aromatic N) is 1. The topological polar surface area (TPSA) is 65.6 Å². The first-order chi connectivity index (χ1) is 12.6. The van der Waals surface area contributed by atoms with Crippen molar-refractivity contribution in [2.75, 3.05) is 13.7 Å². The second kappa shape index (κ2) is 6.50. The van der Waals surface area contributed by atoms with Crippen LogP contribution in [0.3, 0.4) is 0 Å². The number of aliphatic hydroxyl groups excluding tert-OH is 1. The number of aromatic amines is 1. The van der Waals surface area contributed by atoms with Gasteiger partial charge in [-0.25, -0.2) is 0 Å². The Morgan fingerprint density at radius 2 is 2.19 bits per heavy atom. The molecule has 146 valence electrons. The number of rotatable bonds is 2. The fourth-order valence-corrected chi connectivity index (χ4v) is 6.24. The molecule has 3 fully saturated rings. The van der Waals surface area contributed by atoms with E-state index in [1.54, 1.807) is 0 Å². The predicted molar refractivity (Wildman–Crippen MR) is 106 cm³/mol. The molecule has 4 bridgehead atoms. The van der Waals surface area contributed by atoms with Gasteiger partial charge in [-0.3, -0.25) is 9.69 Å². The van der Waals surface area contributed by atoms with Crippen molar-refractivity contribution in [3.8, 4) is 0 Å². The molecule has 2 aromatic rings. The number of piperidine rings is 2. The molecular weight excluding hydrogens is 364 g/mol. The molecule has 0 amide bonds. The maximum absolute atomic E-state index is 13.3. The van der Waals surface area contributed by atoms with Crippen molar-refractivity contribution in [1.82, 2.24) is 9.88 Å². The Bertz CT molecular complexity index is 881. The van der Waals surface area contributed by atoms with E-state index in [0.717, 1.165) is 37.0 Å². The van der Waals surface area contributed by atoms with E-state index in [1.807, 2.05) is 6.07 Å². The second-order valence-electron chi connectivity index (χ2n) is 8.20. The molecule has 2 N–H and O–H groups in total. The lowest BCUT2D eigenvalue weighted by Gasteiger charge is -2.59. The Morgan fingerprint density at radius 3 is 2.93 bits per heavy atom. The summed E-state index contributed by atoms with van der Waals surface area (Å²) >= 11 is 0. The van der Waals surface area contributed by atoms with Gasteiger partial charge < -0.3 is 14.8 Å². The zero-order valence-corrected chi connectivity index (χ0v) is 16.6. The van der Waals surface area contributed by atoms with Gasteiger partial charge in [-0.2, -0.15) is 0 Å².